The Balaban J connectivity index is 1.86. The smallest absolute Gasteiger partial charge is 0.377 e. The van der Waals surface area contributed by atoms with E-state index in [0.717, 1.165) is 23.4 Å². The van der Waals surface area contributed by atoms with Crippen LogP contribution in [-0.4, -0.2) is 16.4 Å². The number of benzene rings is 2. The van der Waals surface area contributed by atoms with Gasteiger partial charge in [0.2, 0.25) is 0 Å². The zero-order valence-corrected chi connectivity index (χ0v) is 17.6. The van der Waals surface area contributed by atoms with Crippen molar-refractivity contribution in [1.82, 2.24) is 0 Å². The normalized spacial score (nSPS) is 12.4. The van der Waals surface area contributed by atoms with E-state index < -0.39 is 18.8 Å². The van der Waals surface area contributed by atoms with E-state index in [-0.39, 0.29) is 11.1 Å². The van der Waals surface area contributed by atoms with E-state index in [1.54, 1.807) is 0 Å². The second kappa shape index (κ2) is 9.04. The first kappa shape index (κ1) is 21.7. The third kappa shape index (κ3) is 5.68. The molecule has 0 amide bonds. The summed E-state index contributed by atoms with van der Waals surface area (Å²) in [5.74, 6) is 0. The summed E-state index contributed by atoms with van der Waals surface area (Å²) >= 11 is 6.33. The highest BCUT2D eigenvalue weighted by atomic mass is 79.9. The van der Waals surface area contributed by atoms with Crippen molar-refractivity contribution >= 4 is 39.5 Å². The van der Waals surface area contributed by atoms with Crippen molar-refractivity contribution in [2.45, 2.75) is 25.1 Å². The zero-order valence-electron chi connectivity index (χ0n) is 13.5. The Bertz CT molecular complexity index is 794. The molecule has 2 aromatic carbocycles. The summed E-state index contributed by atoms with van der Waals surface area (Å²) < 4.78 is 45.0. The van der Waals surface area contributed by atoms with Gasteiger partial charge in [0.15, 0.2) is 0 Å². The second-order valence-electron chi connectivity index (χ2n) is 5.68. The predicted molar refractivity (Wildman–Crippen MR) is 102 cm³/mol. The van der Waals surface area contributed by atoms with Gasteiger partial charge in [-0.15, -0.1) is 0 Å². The number of rotatable bonds is 8. The number of hydrogen-bond acceptors (Lipinski definition) is 2. The Kier molecular flexibility index (Phi) is 7.53. The lowest BCUT2D eigenvalue weighted by Crippen LogP contribution is -2.14. The summed E-state index contributed by atoms with van der Waals surface area (Å²) in [6.07, 6.45) is 1.68. The molecule has 0 spiro atoms. The Labute approximate surface area is 167 Å². The Morgan fingerprint density at radius 2 is 1.65 bits per heavy atom. The van der Waals surface area contributed by atoms with Crippen molar-refractivity contribution in [3.63, 3.8) is 0 Å². The molecule has 0 saturated heterocycles. The summed E-state index contributed by atoms with van der Waals surface area (Å²) in [5, 5.41) is 0. The maximum atomic E-state index is 13.8. The molecule has 142 valence electrons. The van der Waals surface area contributed by atoms with Crippen LogP contribution in [0.25, 0.3) is 0 Å². The molecule has 0 bridgehead atoms. The Morgan fingerprint density at radius 3 is 2.23 bits per heavy atom. The maximum Gasteiger partial charge on any atom is 0.399 e. The van der Waals surface area contributed by atoms with Gasteiger partial charge in [-0.25, -0.2) is 0 Å². The van der Waals surface area contributed by atoms with E-state index in [4.69, 9.17) is 14.5 Å². The monoisotopic (exact) mass is 512 g/mol. The Morgan fingerprint density at radius 1 is 1.04 bits per heavy atom. The molecule has 2 rings (SSSR count). The molecule has 0 radical (unpaired) electrons. The molecule has 0 atom stereocenters. The molecule has 0 saturated carbocycles. The van der Waals surface area contributed by atoms with Gasteiger partial charge in [-0.3, -0.25) is 4.57 Å². The topological polar surface area (TPSA) is 66.8 Å². The van der Waals surface area contributed by atoms with E-state index in [1.807, 2.05) is 24.3 Å². The molecule has 2 N–H and O–H groups in total. The van der Waals surface area contributed by atoms with Gasteiger partial charge in [0.25, 0.3) is 0 Å². The molecule has 0 aliphatic heterocycles. The summed E-state index contributed by atoms with van der Waals surface area (Å²) in [5.41, 5.74) is -3.16. The van der Waals surface area contributed by atoms with Crippen molar-refractivity contribution in [2.24, 2.45) is 0 Å². The van der Waals surface area contributed by atoms with Crippen LogP contribution in [0.4, 0.5) is 8.78 Å². The first-order valence-electron chi connectivity index (χ1n) is 7.66. The minimum atomic E-state index is -5.59. The van der Waals surface area contributed by atoms with Crippen LogP contribution >= 0.6 is 39.5 Å². The minimum Gasteiger partial charge on any atom is -0.377 e. The van der Waals surface area contributed by atoms with Crippen molar-refractivity contribution in [1.29, 1.82) is 0 Å². The molecule has 0 aliphatic rings. The molecule has 0 fully saturated rings. The molecular formula is C17H17Br2F2O4P. The quantitative estimate of drug-likeness (QED) is 0.357. The lowest BCUT2D eigenvalue weighted by Gasteiger charge is -2.19. The molecule has 0 aromatic heterocycles. The van der Waals surface area contributed by atoms with Gasteiger partial charge < -0.3 is 14.5 Å². The van der Waals surface area contributed by atoms with Crippen molar-refractivity contribution in [3.05, 3.63) is 68.1 Å². The van der Waals surface area contributed by atoms with Crippen LogP contribution in [0, 0.1) is 0 Å². The van der Waals surface area contributed by atoms with Crippen LogP contribution in [-0.2, 0) is 28.0 Å². The highest BCUT2D eigenvalue weighted by molar-refractivity contribution is 9.10. The molecule has 9 heteroatoms. The standard InChI is InChI=1S/C17H17Br2F2O4P/c18-14-6-3-12(4-7-14)2-1-9-25-11-13-5-8-15(16(19)10-13)17(20,21)26(22,23)24/h3-8,10H,1-2,9,11H2,(H2,22,23,24). The summed E-state index contributed by atoms with van der Waals surface area (Å²) in [6, 6.07) is 11.8. The van der Waals surface area contributed by atoms with Gasteiger partial charge >= 0.3 is 13.3 Å². The first-order valence-corrected chi connectivity index (χ1v) is 10.9. The van der Waals surface area contributed by atoms with Gasteiger partial charge in [0, 0.05) is 21.1 Å². The third-order valence-electron chi connectivity index (χ3n) is 3.66. The molecule has 26 heavy (non-hydrogen) atoms. The van der Waals surface area contributed by atoms with Crippen LogP contribution < -0.4 is 0 Å². The van der Waals surface area contributed by atoms with Crippen LogP contribution in [0.5, 0.6) is 0 Å². The van der Waals surface area contributed by atoms with Crippen LogP contribution in [0.3, 0.4) is 0 Å². The van der Waals surface area contributed by atoms with Crippen LogP contribution in [0.2, 0.25) is 0 Å². The van der Waals surface area contributed by atoms with E-state index in [0.29, 0.717) is 12.2 Å². The highest BCUT2D eigenvalue weighted by Gasteiger charge is 2.51. The largest absolute Gasteiger partial charge is 0.399 e. The lowest BCUT2D eigenvalue weighted by atomic mass is 10.1. The molecule has 4 nitrogen and oxygen atoms in total. The SMILES string of the molecule is O=P(O)(O)C(F)(F)c1ccc(COCCCc2ccc(Br)cc2)cc1Br. The van der Waals surface area contributed by atoms with E-state index in [2.05, 4.69) is 31.9 Å². The van der Waals surface area contributed by atoms with E-state index in [1.165, 1.54) is 17.7 Å². The number of aryl methyl sites for hydroxylation is 1. The molecule has 2 aromatic rings. The summed E-state index contributed by atoms with van der Waals surface area (Å²) in [6.45, 7) is 0.731. The Hall–Kier alpha value is -0.630. The van der Waals surface area contributed by atoms with Gasteiger partial charge in [0.1, 0.15) is 0 Å². The van der Waals surface area contributed by atoms with Gasteiger partial charge in [-0.2, -0.15) is 8.78 Å². The zero-order chi connectivity index (χ0) is 19.4. The van der Waals surface area contributed by atoms with E-state index in [9.17, 15) is 13.3 Å². The number of halogens is 4. The van der Waals surface area contributed by atoms with Gasteiger partial charge in [-0.05, 0) is 42.2 Å². The van der Waals surface area contributed by atoms with Gasteiger partial charge in [0.05, 0.1) is 6.61 Å². The molecule has 0 aliphatic carbocycles. The van der Waals surface area contributed by atoms with E-state index >= 15 is 0 Å². The van der Waals surface area contributed by atoms with Crippen LogP contribution in [0.1, 0.15) is 23.1 Å². The third-order valence-corrected chi connectivity index (χ3v) is 5.82. The fourth-order valence-corrected chi connectivity index (χ4v) is 3.87. The fourth-order valence-electron chi connectivity index (χ4n) is 2.27. The maximum absolute atomic E-state index is 13.8. The number of alkyl halides is 2. The predicted octanol–water partition coefficient (Wildman–Crippen LogP) is 5.59. The lowest BCUT2D eigenvalue weighted by molar-refractivity contribution is 0.0556. The minimum absolute atomic E-state index is 0.0678. The number of ether oxygens (including phenoxy) is 1. The van der Waals surface area contributed by atoms with Crippen molar-refractivity contribution in [3.8, 4) is 0 Å². The average Bonchev–Trinajstić information content (AvgIpc) is 2.55. The van der Waals surface area contributed by atoms with Gasteiger partial charge in [-0.1, -0.05) is 56.1 Å². The van der Waals surface area contributed by atoms with Crippen LogP contribution in [0.15, 0.2) is 51.4 Å². The van der Waals surface area contributed by atoms with Crippen molar-refractivity contribution < 1.29 is 27.9 Å². The first-order chi connectivity index (χ1) is 12.1. The molecular weight excluding hydrogens is 497 g/mol. The number of hydrogen-bond donors (Lipinski definition) is 2. The second-order valence-corrected chi connectivity index (χ2v) is 9.10. The molecule has 0 heterocycles. The summed E-state index contributed by atoms with van der Waals surface area (Å²) in [7, 11) is -5.59. The molecule has 0 unspecified atom stereocenters. The highest BCUT2D eigenvalue weighted by Crippen LogP contribution is 2.60. The van der Waals surface area contributed by atoms with Crippen molar-refractivity contribution in [2.75, 3.05) is 6.61 Å². The summed E-state index contributed by atoms with van der Waals surface area (Å²) in [4.78, 5) is 17.6. The average molecular weight is 514 g/mol. The fraction of sp³-hybridized carbons (Fsp3) is 0.294.